The summed E-state index contributed by atoms with van der Waals surface area (Å²) in [7, 11) is 0. The molecule has 1 aromatic heterocycles. The number of nitro groups is 1. The normalized spacial score (nSPS) is 10.3. The summed E-state index contributed by atoms with van der Waals surface area (Å²) in [6, 6.07) is 0.594. The Morgan fingerprint density at radius 3 is 2.53 bits per heavy atom. The minimum absolute atomic E-state index is 0.0146. The van der Waals surface area contributed by atoms with Gasteiger partial charge in [-0.15, -0.1) is 0 Å². The molecular formula is C7H4F2N2O4. The second kappa shape index (κ2) is 3.95. The maximum atomic E-state index is 12.3. The van der Waals surface area contributed by atoms with Crippen molar-refractivity contribution in [3.05, 3.63) is 37.8 Å². The summed E-state index contributed by atoms with van der Waals surface area (Å²) in [6.45, 7) is 0. The second-order valence-electron chi connectivity index (χ2n) is 2.53. The zero-order valence-corrected chi connectivity index (χ0v) is 7.07. The number of carbonyl (C=O) groups excluding carboxylic acids is 1. The molecule has 0 bridgehead atoms. The highest BCUT2D eigenvalue weighted by atomic mass is 19.3. The van der Waals surface area contributed by atoms with E-state index in [9.17, 15) is 28.5 Å². The molecule has 0 atom stereocenters. The Hall–Kier alpha value is -2.12. The highest BCUT2D eigenvalue weighted by Gasteiger charge is 2.27. The van der Waals surface area contributed by atoms with Crippen molar-refractivity contribution in [2.24, 2.45) is 0 Å². The number of aromatic nitrogens is 1. The third-order valence-electron chi connectivity index (χ3n) is 1.60. The number of nitrogens with zero attached hydrogens (tertiary/aromatic N) is 1. The monoisotopic (exact) mass is 218 g/mol. The Balaban J connectivity index is 3.61. The summed E-state index contributed by atoms with van der Waals surface area (Å²) in [5.41, 5.74) is -3.88. The number of alkyl halides is 2. The van der Waals surface area contributed by atoms with E-state index in [1.54, 1.807) is 4.98 Å². The average Bonchev–Trinajstić information content (AvgIpc) is 2.15. The summed E-state index contributed by atoms with van der Waals surface area (Å²) < 4.78 is 24.6. The molecule has 0 fully saturated rings. The third-order valence-corrected chi connectivity index (χ3v) is 1.60. The SMILES string of the molecule is O=Cc1cc(=O)[nH]c(C(F)F)c1[N+](=O)[O-]. The van der Waals surface area contributed by atoms with Crippen LogP contribution in [-0.2, 0) is 0 Å². The van der Waals surface area contributed by atoms with Gasteiger partial charge in [-0.3, -0.25) is 19.7 Å². The molecule has 1 aromatic rings. The fraction of sp³-hybridized carbons (Fsp3) is 0.143. The molecule has 1 N–H and O–H groups in total. The summed E-state index contributed by atoms with van der Waals surface area (Å²) in [6.07, 6.45) is -3.24. The number of pyridine rings is 1. The maximum Gasteiger partial charge on any atom is 0.305 e. The molecule has 0 aromatic carbocycles. The molecule has 0 unspecified atom stereocenters. The lowest BCUT2D eigenvalue weighted by Gasteiger charge is -2.02. The first-order valence-electron chi connectivity index (χ1n) is 3.62. The molecule has 0 aliphatic carbocycles. The number of H-pyrrole nitrogens is 1. The lowest BCUT2D eigenvalue weighted by molar-refractivity contribution is -0.386. The molecular weight excluding hydrogens is 214 g/mol. The van der Waals surface area contributed by atoms with Crippen LogP contribution in [0.15, 0.2) is 10.9 Å². The molecule has 0 amide bonds. The van der Waals surface area contributed by atoms with Gasteiger partial charge in [-0.05, 0) is 0 Å². The summed E-state index contributed by atoms with van der Waals surface area (Å²) >= 11 is 0. The Kier molecular flexibility index (Phi) is 2.88. The number of nitrogens with one attached hydrogen (secondary N) is 1. The van der Waals surface area contributed by atoms with Gasteiger partial charge >= 0.3 is 5.69 Å². The molecule has 80 valence electrons. The smallest absolute Gasteiger partial charge is 0.305 e. The lowest BCUT2D eigenvalue weighted by Crippen LogP contribution is -2.13. The van der Waals surface area contributed by atoms with Crippen molar-refractivity contribution in [2.75, 3.05) is 0 Å². The quantitative estimate of drug-likeness (QED) is 0.465. The topological polar surface area (TPSA) is 93.1 Å². The largest absolute Gasteiger partial charge is 0.315 e. The van der Waals surface area contributed by atoms with E-state index >= 15 is 0 Å². The van der Waals surface area contributed by atoms with Crippen LogP contribution in [0.3, 0.4) is 0 Å². The van der Waals surface area contributed by atoms with E-state index in [-0.39, 0.29) is 6.29 Å². The molecule has 0 spiro atoms. The number of rotatable bonds is 3. The van der Waals surface area contributed by atoms with Crippen molar-refractivity contribution in [3.8, 4) is 0 Å². The van der Waals surface area contributed by atoms with E-state index in [1.165, 1.54) is 0 Å². The van der Waals surface area contributed by atoms with Crippen LogP contribution in [-0.4, -0.2) is 16.2 Å². The van der Waals surface area contributed by atoms with Gasteiger partial charge in [-0.25, -0.2) is 8.78 Å². The van der Waals surface area contributed by atoms with Gasteiger partial charge in [-0.1, -0.05) is 0 Å². The molecule has 8 heteroatoms. The Morgan fingerprint density at radius 2 is 2.13 bits per heavy atom. The van der Waals surface area contributed by atoms with Crippen LogP contribution in [0.25, 0.3) is 0 Å². The Morgan fingerprint density at radius 1 is 1.53 bits per heavy atom. The number of hydrogen-bond donors (Lipinski definition) is 1. The summed E-state index contributed by atoms with van der Waals surface area (Å²) in [4.78, 5) is 32.0. The number of carbonyl (C=O) groups is 1. The predicted molar refractivity (Wildman–Crippen MR) is 44.1 cm³/mol. The first kappa shape index (κ1) is 11.0. The second-order valence-corrected chi connectivity index (χ2v) is 2.53. The number of aldehydes is 1. The van der Waals surface area contributed by atoms with E-state index in [0.29, 0.717) is 6.07 Å². The van der Waals surface area contributed by atoms with Gasteiger partial charge < -0.3 is 4.98 Å². The van der Waals surface area contributed by atoms with Crippen molar-refractivity contribution < 1.29 is 18.5 Å². The number of hydrogen-bond acceptors (Lipinski definition) is 4. The third kappa shape index (κ3) is 2.03. The standard InChI is InChI=1S/C7H4F2N2O4/c8-7(9)5-6(11(14)15)3(2-12)1-4(13)10-5/h1-2,7H,(H,10,13). The molecule has 0 saturated heterocycles. The van der Waals surface area contributed by atoms with Gasteiger partial charge in [0.05, 0.1) is 10.5 Å². The molecule has 1 heterocycles. The molecule has 1 rings (SSSR count). The Bertz CT molecular complexity index is 469. The van der Waals surface area contributed by atoms with Gasteiger partial charge in [0.1, 0.15) is 0 Å². The number of aromatic amines is 1. The van der Waals surface area contributed by atoms with E-state index in [0.717, 1.165) is 0 Å². The van der Waals surface area contributed by atoms with E-state index in [2.05, 4.69) is 0 Å². The first-order valence-corrected chi connectivity index (χ1v) is 3.62. The molecule has 0 radical (unpaired) electrons. The van der Waals surface area contributed by atoms with E-state index in [1.807, 2.05) is 0 Å². The van der Waals surface area contributed by atoms with Crippen LogP contribution in [0.5, 0.6) is 0 Å². The predicted octanol–water partition coefficient (Wildman–Crippen LogP) is 1.03. The highest BCUT2D eigenvalue weighted by molar-refractivity contribution is 5.81. The van der Waals surface area contributed by atoms with E-state index in [4.69, 9.17) is 0 Å². The van der Waals surface area contributed by atoms with Crippen LogP contribution in [0.4, 0.5) is 14.5 Å². The van der Waals surface area contributed by atoms with Gasteiger partial charge in [0.15, 0.2) is 12.0 Å². The van der Waals surface area contributed by atoms with Crippen molar-refractivity contribution in [1.82, 2.24) is 4.98 Å². The lowest BCUT2D eigenvalue weighted by atomic mass is 10.2. The van der Waals surface area contributed by atoms with Crippen molar-refractivity contribution >= 4 is 12.0 Å². The molecule has 0 aliphatic rings. The van der Waals surface area contributed by atoms with Crippen molar-refractivity contribution in [3.63, 3.8) is 0 Å². The van der Waals surface area contributed by atoms with Gasteiger partial charge in [0.2, 0.25) is 5.56 Å². The van der Waals surface area contributed by atoms with Gasteiger partial charge in [0.25, 0.3) is 6.43 Å². The summed E-state index contributed by atoms with van der Waals surface area (Å²) in [5.74, 6) is 0. The van der Waals surface area contributed by atoms with Crippen molar-refractivity contribution in [2.45, 2.75) is 6.43 Å². The van der Waals surface area contributed by atoms with Crippen LogP contribution in [0.2, 0.25) is 0 Å². The average molecular weight is 218 g/mol. The zero-order valence-electron chi connectivity index (χ0n) is 7.07. The zero-order chi connectivity index (χ0) is 11.6. The molecule has 15 heavy (non-hydrogen) atoms. The van der Waals surface area contributed by atoms with Crippen LogP contribution >= 0.6 is 0 Å². The molecule has 6 nitrogen and oxygen atoms in total. The maximum absolute atomic E-state index is 12.3. The van der Waals surface area contributed by atoms with Crippen LogP contribution in [0, 0.1) is 10.1 Å². The van der Waals surface area contributed by atoms with E-state index < -0.39 is 33.9 Å². The van der Waals surface area contributed by atoms with Crippen LogP contribution in [0.1, 0.15) is 22.5 Å². The van der Waals surface area contributed by atoms with Crippen LogP contribution < -0.4 is 5.56 Å². The molecule has 0 saturated carbocycles. The van der Waals surface area contributed by atoms with Crippen molar-refractivity contribution in [1.29, 1.82) is 0 Å². The molecule has 0 aliphatic heterocycles. The summed E-state index contributed by atoms with van der Waals surface area (Å²) in [5, 5.41) is 10.4. The fourth-order valence-corrected chi connectivity index (χ4v) is 1.04. The van der Waals surface area contributed by atoms with Gasteiger partial charge in [-0.2, -0.15) is 0 Å². The minimum atomic E-state index is -3.22. The first-order chi connectivity index (χ1) is 6.97. The minimum Gasteiger partial charge on any atom is -0.315 e. The van der Waals surface area contributed by atoms with Gasteiger partial charge in [0, 0.05) is 6.07 Å². The number of halogens is 2. The highest BCUT2D eigenvalue weighted by Crippen LogP contribution is 2.27. The Labute approximate surface area is 80.7 Å². The fourth-order valence-electron chi connectivity index (χ4n) is 1.04.